The molecule has 2 aromatic rings. The van der Waals surface area contributed by atoms with E-state index in [4.69, 9.17) is 4.74 Å². The highest BCUT2D eigenvalue weighted by Gasteiger charge is 2.37. The second-order valence-electron chi connectivity index (χ2n) is 5.75. The lowest BCUT2D eigenvalue weighted by atomic mass is 10.1. The molecule has 0 fully saturated rings. The summed E-state index contributed by atoms with van der Waals surface area (Å²) in [6, 6.07) is 7.83. The van der Waals surface area contributed by atoms with Crippen molar-refractivity contribution < 1.29 is 35.9 Å². The number of rotatable bonds is 5. The Labute approximate surface area is 150 Å². The van der Waals surface area contributed by atoms with Crippen LogP contribution in [0.5, 0.6) is 5.75 Å². The van der Waals surface area contributed by atoms with Crippen LogP contribution in [0.3, 0.4) is 0 Å². The van der Waals surface area contributed by atoms with Gasteiger partial charge in [0.2, 0.25) is 5.91 Å². The summed E-state index contributed by atoms with van der Waals surface area (Å²) >= 11 is 0. The van der Waals surface area contributed by atoms with Gasteiger partial charge < -0.3 is 10.1 Å². The van der Waals surface area contributed by atoms with Gasteiger partial charge in [-0.2, -0.15) is 26.3 Å². The average molecular weight is 391 g/mol. The van der Waals surface area contributed by atoms with Gasteiger partial charge in [-0.3, -0.25) is 4.79 Å². The summed E-state index contributed by atoms with van der Waals surface area (Å²) in [5, 5.41) is 2.04. The maximum absolute atomic E-state index is 12.8. The first-order chi connectivity index (χ1) is 12.4. The SMILES string of the molecule is Cc1ccc(OCCC(=O)Nc2cc(C(F)(F)F)cc(C(F)(F)F)c2)cc1. The first-order valence-electron chi connectivity index (χ1n) is 7.74. The Hall–Kier alpha value is -2.71. The van der Waals surface area contributed by atoms with Gasteiger partial charge >= 0.3 is 12.4 Å². The number of benzene rings is 2. The van der Waals surface area contributed by atoms with Gasteiger partial charge in [0.25, 0.3) is 0 Å². The molecule has 3 nitrogen and oxygen atoms in total. The van der Waals surface area contributed by atoms with E-state index >= 15 is 0 Å². The summed E-state index contributed by atoms with van der Waals surface area (Å²) in [5.74, 6) is -0.276. The van der Waals surface area contributed by atoms with Crippen LogP contribution in [0.2, 0.25) is 0 Å². The Bertz CT molecular complexity index is 765. The molecule has 1 amide bonds. The van der Waals surface area contributed by atoms with Gasteiger partial charge in [0.1, 0.15) is 5.75 Å². The van der Waals surface area contributed by atoms with Crippen LogP contribution in [0.25, 0.3) is 0 Å². The Balaban J connectivity index is 2.04. The van der Waals surface area contributed by atoms with Crippen LogP contribution in [0.1, 0.15) is 23.1 Å². The lowest BCUT2D eigenvalue weighted by Crippen LogP contribution is -2.17. The zero-order valence-electron chi connectivity index (χ0n) is 14.0. The number of hydrogen-bond donors (Lipinski definition) is 1. The van der Waals surface area contributed by atoms with Gasteiger partial charge in [-0.05, 0) is 37.3 Å². The second kappa shape index (κ2) is 7.89. The third-order valence-electron chi connectivity index (χ3n) is 3.49. The summed E-state index contributed by atoms with van der Waals surface area (Å²) in [4.78, 5) is 11.8. The first-order valence-corrected chi connectivity index (χ1v) is 7.74. The van der Waals surface area contributed by atoms with Gasteiger partial charge in [0.05, 0.1) is 24.2 Å². The zero-order chi connectivity index (χ0) is 20.2. The maximum atomic E-state index is 12.8. The molecular formula is C18H15F6NO2. The summed E-state index contributed by atoms with van der Waals surface area (Å²) < 4.78 is 82.1. The molecule has 0 radical (unpaired) electrons. The fourth-order valence-electron chi connectivity index (χ4n) is 2.15. The number of aryl methyl sites for hydroxylation is 1. The quantitative estimate of drug-likeness (QED) is 0.690. The highest BCUT2D eigenvalue weighted by atomic mass is 19.4. The number of carbonyl (C=O) groups is 1. The highest BCUT2D eigenvalue weighted by Crippen LogP contribution is 2.37. The van der Waals surface area contributed by atoms with Crippen LogP contribution in [0, 0.1) is 6.92 Å². The Morgan fingerprint density at radius 1 is 0.926 bits per heavy atom. The standard InChI is InChI=1S/C18H15F6NO2/c1-11-2-4-15(5-3-11)27-7-6-16(26)25-14-9-12(17(19,20)21)8-13(10-14)18(22,23)24/h2-5,8-10H,6-7H2,1H3,(H,25,26). The molecule has 2 aromatic carbocycles. The number of anilines is 1. The van der Waals surface area contributed by atoms with Crippen molar-refractivity contribution in [2.75, 3.05) is 11.9 Å². The number of ether oxygens (including phenoxy) is 1. The third kappa shape index (κ3) is 6.19. The number of halogens is 6. The van der Waals surface area contributed by atoms with E-state index in [9.17, 15) is 31.1 Å². The molecule has 2 rings (SSSR count). The average Bonchev–Trinajstić information content (AvgIpc) is 2.55. The summed E-state index contributed by atoms with van der Waals surface area (Å²) in [7, 11) is 0. The lowest BCUT2D eigenvalue weighted by Gasteiger charge is -2.15. The Kier molecular flexibility index (Phi) is 6.02. The van der Waals surface area contributed by atoms with E-state index in [-0.39, 0.29) is 19.1 Å². The normalized spacial score (nSPS) is 12.0. The summed E-state index contributed by atoms with van der Waals surface area (Å²) in [6.07, 6.45) is -10.2. The Morgan fingerprint density at radius 2 is 1.44 bits per heavy atom. The molecule has 0 atom stereocenters. The minimum atomic E-state index is -4.98. The van der Waals surface area contributed by atoms with Gasteiger partial charge in [-0.1, -0.05) is 17.7 Å². The molecule has 27 heavy (non-hydrogen) atoms. The summed E-state index contributed by atoms with van der Waals surface area (Å²) in [6.45, 7) is 1.79. The van der Waals surface area contributed by atoms with E-state index in [1.54, 1.807) is 24.3 Å². The molecule has 0 saturated heterocycles. The van der Waals surface area contributed by atoms with Gasteiger partial charge in [-0.25, -0.2) is 0 Å². The fraction of sp³-hybridized carbons (Fsp3) is 0.278. The Morgan fingerprint density at radius 3 is 1.93 bits per heavy atom. The van der Waals surface area contributed by atoms with E-state index in [1.165, 1.54) is 0 Å². The van der Waals surface area contributed by atoms with E-state index in [0.29, 0.717) is 17.9 Å². The van der Waals surface area contributed by atoms with Gasteiger partial charge in [0, 0.05) is 5.69 Å². The van der Waals surface area contributed by atoms with Gasteiger partial charge in [-0.15, -0.1) is 0 Å². The molecule has 1 N–H and O–H groups in total. The third-order valence-corrected chi connectivity index (χ3v) is 3.49. The highest BCUT2D eigenvalue weighted by molar-refractivity contribution is 5.91. The zero-order valence-corrected chi connectivity index (χ0v) is 14.0. The van der Waals surface area contributed by atoms with Crippen LogP contribution < -0.4 is 10.1 Å². The topological polar surface area (TPSA) is 38.3 Å². The predicted octanol–water partition coefficient (Wildman–Crippen LogP) is 5.44. The van der Waals surface area contributed by atoms with E-state index < -0.39 is 35.1 Å². The molecule has 0 unspecified atom stereocenters. The molecule has 146 valence electrons. The van der Waals surface area contributed by atoms with Crippen molar-refractivity contribution in [2.45, 2.75) is 25.7 Å². The maximum Gasteiger partial charge on any atom is 0.416 e. The molecule has 0 aliphatic rings. The lowest BCUT2D eigenvalue weighted by molar-refractivity contribution is -0.143. The predicted molar refractivity (Wildman–Crippen MR) is 86.4 cm³/mol. The van der Waals surface area contributed by atoms with Crippen molar-refractivity contribution in [2.24, 2.45) is 0 Å². The number of alkyl halides is 6. The molecule has 0 aromatic heterocycles. The second-order valence-corrected chi connectivity index (χ2v) is 5.75. The van der Waals surface area contributed by atoms with Crippen molar-refractivity contribution in [3.63, 3.8) is 0 Å². The molecular weight excluding hydrogens is 376 g/mol. The van der Waals surface area contributed by atoms with Crippen molar-refractivity contribution in [1.29, 1.82) is 0 Å². The van der Waals surface area contributed by atoms with Crippen molar-refractivity contribution in [3.05, 3.63) is 59.2 Å². The first kappa shape index (κ1) is 20.6. The van der Waals surface area contributed by atoms with Crippen molar-refractivity contribution in [1.82, 2.24) is 0 Å². The van der Waals surface area contributed by atoms with Crippen LogP contribution in [0.4, 0.5) is 32.0 Å². The summed E-state index contributed by atoms with van der Waals surface area (Å²) in [5.41, 5.74) is -2.57. The minimum absolute atomic E-state index is 0.00381. The fourth-order valence-corrected chi connectivity index (χ4v) is 2.15. The van der Waals surface area contributed by atoms with E-state index in [2.05, 4.69) is 0 Å². The van der Waals surface area contributed by atoms with Crippen LogP contribution >= 0.6 is 0 Å². The smallest absolute Gasteiger partial charge is 0.416 e. The van der Waals surface area contributed by atoms with Crippen molar-refractivity contribution >= 4 is 11.6 Å². The molecule has 0 spiro atoms. The number of hydrogen-bond acceptors (Lipinski definition) is 2. The van der Waals surface area contributed by atoms with E-state index in [1.807, 2.05) is 12.2 Å². The molecule has 0 aliphatic carbocycles. The molecule has 0 saturated carbocycles. The minimum Gasteiger partial charge on any atom is -0.493 e. The molecule has 0 bridgehead atoms. The van der Waals surface area contributed by atoms with Crippen molar-refractivity contribution in [3.8, 4) is 5.75 Å². The molecule has 9 heteroatoms. The number of carbonyl (C=O) groups excluding carboxylic acids is 1. The molecule has 0 heterocycles. The van der Waals surface area contributed by atoms with Gasteiger partial charge in [0.15, 0.2) is 0 Å². The monoisotopic (exact) mass is 391 g/mol. The van der Waals surface area contributed by atoms with E-state index in [0.717, 1.165) is 5.56 Å². The molecule has 0 aliphatic heterocycles. The largest absolute Gasteiger partial charge is 0.493 e. The van der Waals surface area contributed by atoms with Crippen LogP contribution in [0.15, 0.2) is 42.5 Å². The van der Waals surface area contributed by atoms with Crippen LogP contribution in [-0.2, 0) is 17.1 Å². The number of nitrogens with one attached hydrogen (secondary N) is 1. The number of amides is 1. The van der Waals surface area contributed by atoms with Crippen LogP contribution in [-0.4, -0.2) is 12.5 Å².